The molecule has 11 nitrogen and oxygen atoms in total. The van der Waals surface area contributed by atoms with Crippen LogP contribution in [0.4, 0.5) is 0 Å². The van der Waals surface area contributed by atoms with E-state index in [1.54, 1.807) is 0 Å². The first-order valence-electron chi connectivity index (χ1n) is 4.66. The second kappa shape index (κ2) is 19.7. The van der Waals surface area contributed by atoms with E-state index in [0.29, 0.717) is 15.8 Å². The van der Waals surface area contributed by atoms with Crippen molar-refractivity contribution in [2.75, 3.05) is 40.0 Å². The fraction of sp³-hybridized carbons (Fsp3) is 1.00. The smallest absolute Gasteiger partial charge is 0.264 e. The third-order valence-electron chi connectivity index (χ3n) is 0. The fourth-order valence-corrected chi connectivity index (χ4v) is 0. The summed E-state index contributed by atoms with van der Waals surface area (Å²) in [5.74, 6) is 0. The highest BCUT2D eigenvalue weighted by molar-refractivity contribution is 7.80. The van der Waals surface area contributed by atoms with Gasteiger partial charge in [0, 0.05) is 4.57 Å². The Bertz CT molecular complexity index is 369. The topological polar surface area (TPSA) is 207 Å². The minimum Gasteiger partial charge on any atom is -0.264 e. The highest BCUT2D eigenvalue weighted by atomic mass is 32.3. The second-order valence-electron chi connectivity index (χ2n) is 3.83. The monoisotopic (exact) mass is 429 g/mol. The van der Waals surface area contributed by atoms with Crippen LogP contribution in [-0.2, 0) is 25.4 Å². The van der Waals surface area contributed by atoms with Gasteiger partial charge in [-0.25, -0.2) is 0 Å². The Morgan fingerprint density at radius 1 is 0.636 bits per heavy atom. The van der Waals surface area contributed by atoms with Crippen LogP contribution in [0, 0.1) is 0 Å². The van der Waals surface area contributed by atoms with Gasteiger partial charge in [0.05, 0.1) is 0 Å². The van der Waals surface area contributed by atoms with Gasteiger partial charge in [-0.15, -0.1) is 25.6 Å². The average Bonchev–Trinajstić information content (AvgIpc) is 1.88. The van der Waals surface area contributed by atoms with Crippen molar-refractivity contribution in [1.29, 1.82) is 0 Å². The summed E-state index contributed by atoms with van der Waals surface area (Å²) in [5.41, 5.74) is 0. The molecule has 140 valence electrons. The van der Waals surface area contributed by atoms with Gasteiger partial charge in [0.25, 0.3) is 0 Å². The lowest BCUT2D eigenvalue weighted by Gasteiger charge is -1.81. The van der Waals surface area contributed by atoms with Crippen LogP contribution in [0.25, 0.3) is 0 Å². The van der Waals surface area contributed by atoms with Crippen LogP contribution in [-0.4, -0.2) is 84.8 Å². The highest BCUT2D eigenvalue weighted by Crippen LogP contribution is 2.15. The summed E-state index contributed by atoms with van der Waals surface area (Å²) in [5, 5.41) is 0. The predicted octanol–water partition coefficient (Wildman–Crippen LogP) is 1.04. The third kappa shape index (κ3) is 20600. The van der Waals surface area contributed by atoms with Crippen LogP contribution in [0.1, 0.15) is 0 Å². The first kappa shape index (κ1) is 34.1. The summed E-state index contributed by atoms with van der Waals surface area (Å²) in [6.07, 6.45) is 0. The molecule has 0 rings (SSSR count). The zero-order valence-electron chi connectivity index (χ0n) is 12.9. The molecule has 0 aliphatic rings. The molecule has 0 saturated heterocycles. The Labute approximate surface area is 134 Å². The Hall–Kier alpha value is 0.620. The molecule has 0 radical (unpaired) electrons. The van der Waals surface area contributed by atoms with Gasteiger partial charge in [-0.05, 0) is 40.0 Å². The van der Waals surface area contributed by atoms with Gasteiger partial charge in [0.15, 0.2) is 0 Å². The lowest BCUT2D eigenvalue weighted by molar-refractivity contribution is 0.378. The Balaban J connectivity index is -0.0000000550. The largest absolute Gasteiger partial charge is 0.692 e. The van der Waals surface area contributed by atoms with Crippen molar-refractivity contribution in [2.45, 2.75) is 0 Å². The van der Waals surface area contributed by atoms with E-state index < -0.39 is 29.1 Å². The van der Waals surface area contributed by atoms with Crippen molar-refractivity contribution in [1.82, 2.24) is 0 Å². The summed E-state index contributed by atoms with van der Waals surface area (Å²) in [4.78, 5) is 14.2. The van der Waals surface area contributed by atoms with Gasteiger partial charge in [-0.3, -0.25) is 18.2 Å². The molecule has 0 saturated carbocycles. The molecule has 0 heterocycles. The Morgan fingerprint density at radius 3 is 0.636 bits per heavy atom. The van der Waals surface area contributed by atoms with Crippen molar-refractivity contribution >= 4 is 44.9 Å². The van der Waals surface area contributed by atoms with E-state index >= 15 is 0 Å². The fourth-order valence-electron chi connectivity index (χ4n) is 0. The molecule has 0 aliphatic heterocycles. The number of hydrogen-bond donors (Lipinski definition) is 6. The first-order valence-corrected chi connectivity index (χ1v) is 14.0. The molecule has 16 heteroatoms. The van der Waals surface area contributed by atoms with Gasteiger partial charge >= 0.3 is 29.1 Å². The van der Waals surface area contributed by atoms with Crippen molar-refractivity contribution in [2.24, 2.45) is 0 Å². The molecule has 0 fully saturated rings. The third-order valence-corrected chi connectivity index (χ3v) is 0. The Morgan fingerprint density at radius 2 is 0.636 bits per heavy atom. The van der Waals surface area contributed by atoms with Crippen LogP contribution in [0.15, 0.2) is 0 Å². The van der Waals surface area contributed by atoms with E-state index in [1.807, 2.05) is 0 Å². The molecule has 0 atom stereocenters. The normalized spacial score (nSPS) is 9.73. The summed E-state index contributed by atoms with van der Waals surface area (Å²) < 4.78 is 71.9. The van der Waals surface area contributed by atoms with Crippen LogP contribution in [0.2, 0.25) is 0 Å². The van der Waals surface area contributed by atoms with E-state index in [9.17, 15) is 0 Å². The van der Waals surface area contributed by atoms with Crippen molar-refractivity contribution in [3.63, 3.8) is 0 Å². The van der Waals surface area contributed by atoms with Crippen molar-refractivity contribution in [3.8, 4) is 0 Å². The number of hydrogen-bond acceptors (Lipinski definition) is 5. The summed E-state index contributed by atoms with van der Waals surface area (Å²) in [6.45, 7) is 13.4. The lowest BCUT2D eigenvalue weighted by Crippen LogP contribution is -1.89. The molecule has 0 aliphatic carbocycles. The second-order valence-corrected chi connectivity index (χ2v) is 11.5. The van der Waals surface area contributed by atoms with Gasteiger partial charge < -0.3 is 0 Å². The molecule has 0 bridgehead atoms. The predicted molar refractivity (Wildman–Crippen MR) is 89.8 cm³/mol. The Kier molecular flexibility index (Phi) is 30.4. The maximum Gasteiger partial charge on any atom is 0.692 e. The summed E-state index contributed by atoms with van der Waals surface area (Å²) in [7, 11) is -11.4. The minimum absolute atomic E-state index is 0.380. The van der Waals surface area contributed by atoms with Crippen LogP contribution in [0.5, 0.6) is 0 Å². The zero-order chi connectivity index (χ0) is 19.7. The average molecular weight is 429 g/mol. The molecule has 6 N–H and O–H groups in total. The molecule has 0 aromatic rings. The van der Waals surface area contributed by atoms with E-state index in [0.717, 1.165) is 0 Å². The van der Waals surface area contributed by atoms with E-state index in [1.165, 1.54) is 0 Å². The molecule has 0 amide bonds. The van der Waals surface area contributed by atoms with Gasteiger partial charge in [0.2, 0.25) is 0 Å². The van der Waals surface area contributed by atoms with E-state index in [2.05, 4.69) is 40.0 Å². The van der Waals surface area contributed by atoms with Gasteiger partial charge in [-0.2, -0.15) is 16.8 Å². The quantitative estimate of drug-likeness (QED) is 0.237. The van der Waals surface area contributed by atoms with E-state index in [-0.39, 0.29) is 0 Å². The molecule has 0 spiro atoms. The summed E-state index contributed by atoms with van der Waals surface area (Å²) in [6, 6.07) is 0. The molecule has 0 unspecified atom stereocenters. The minimum atomic E-state index is -4.67. The van der Waals surface area contributed by atoms with Crippen LogP contribution >= 0.6 is 24.1 Å². The standard InChI is InChI=1S/2C3H9P.2H2O4S.HO3P/c2*1-4(2)3;2*1-5(2,3)4;1-4(2)3/h2*1-3H3;2*(H2,1,2,3,4);(H-,1,2,3)/p+1. The SMILES string of the molecule is CP(C)C.CP(C)C.O=S(=O)(O)O.O=S(=O)(O)O.O=[P+](O)O. The van der Waals surface area contributed by atoms with E-state index in [4.69, 9.17) is 49.4 Å². The van der Waals surface area contributed by atoms with Gasteiger partial charge in [0.1, 0.15) is 0 Å². The molecule has 22 heavy (non-hydrogen) atoms. The number of rotatable bonds is 0. The van der Waals surface area contributed by atoms with Crippen LogP contribution < -0.4 is 0 Å². The maximum atomic E-state index is 8.74. The molecular formula is C6H24O11P3S2+. The molecular weight excluding hydrogens is 405 g/mol. The highest BCUT2D eigenvalue weighted by Gasteiger charge is 1.93. The lowest BCUT2D eigenvalue weighted by atomic mass is 11.9. The van der Waals surface area contributed by atoms with Crippen molar-refractivity contribution < 1.29 is 49.4 Å². The maximum absolute atomic E-state index is 8.74. The van der Waals surface area contributed by atoms with Crippen molar-refractivity contribution in [3.05, 3.63) is 0 Å². The zero-order valence-corrected chi connectivity index (χ0v) is 17.2. The van der Waals surface area contributed by atoms with Gasteiger partial charge in [-0.1, -0.05) is 0 Å². The van der Waals surface area contributed by atoms with Crippen LogP contribution in [0.3, 0.4) is 0 Å². The summed E-state index contributed by atoms with van der Waals surface area (Å²) >= 11 is 0. The first-order chi connectivity index (χ1) is 9.20. The molecule has 0 aromatic carbocycles. The molecule has 0 aromatic heterocycles.